The quantitative estimate of drug-likeness (QED) is 0.805. The number of aliphatic hydroxyl groups is 1. The monoisotopic (exact) mass is 402 g/mol. The molecule has 1 heterocycles. The topological polar surface area (TPSA) is 86.7 Å². The molecule has 0 spiro atoms. The predicted molar refractivity (Wildman–Crippen MR) is 107 cm³/mol. The number of aliphatic hydroxyl groups excluding tert-OH is 1. The van der Waals surface area contributed by atoms with E-state index in [2.05, 4.69) is 5.32 Å². The molecule has 2 aromatic carbocycles. The lowest BCUT2D eigenvalue weighted by Gasteiger charge is -2.29. The van der Waals surface area contributed by atoms with E-state index in [4.69, 9.17) is 0 Å². The van der Waals surface area contributed by atoms with Gasteiger partial charge in [-0.3, -0.25) is 4.79 Å². The molecule has 1 unspecified atom stereocenters. The van der Waals surface area contributed by atoms with Crippen molar-refractivity contribution in [3.63, 3.8) is 0 Å². The Morgan fingerprint density at radius 2 is 1.75 bits per heavy atom. The first kappa shape index (κ1) is 20.5. The fourth-order valence-corrected chi connectivity index (χ4v) is 4.87. The zero-order valence-corrected chi connectivity index (χ0v) is 16.9. The summed E-state index contributed by atoms with van der Waals surface area (Å²) in [5.41, 5.74) is 0.806. The number of nitrogens with one attached hydrogen (secondary N) is 1. The Morgan fingerprint density at radius 3 is 2.36 bits per heavy atom. The lowest BCUT2D eigenvalue weighted by Crippen LogP contribution is -2.42. The van der Waals surface area contributed by atoms with Crippen molar-refractivity contribution in [2.24, 2.45) is 0 Å². The summed E-state index contributed by atoms with van der Waals surface area (Å²) in [6, 6.07) is 15.6. The van der Waals surface area contributed by atoms with E-state index in [1.54, 1.807) is 0 Å². The van der Waals surface area contributed by atoms with E-state index < -0.39 is 21.7 Å². The van der Waals surface area contributed by atoms with Gasteiger partial charge >= 0.3 is 0 Å². The van der Waals surface area contributed by atoms with Gasteiger partial charge in [-0.2, -0.15) is 4.31 Å². The van der Waals surface area contributed by atoms with Crippen LogP contribution in [-0.4, -0.2) is 42.9 Å². The molecule has 6 nitrogen and oxygen atoms in total. The molecule has 3 rings (SSSR count). The molecule has 1 fully saturated rings. The van der Waals surface area contributed by atoms with Crippen molar-refractivity contribution in [3.05, 3.63) is 65.7 Å². The van der Waals surface area contributed by atoms with Crippen LogP contribution in [0.1, 0.15) is 42.6 Å². The van der Waals surface area contributed by atoms with Gasteiger partial charge in [0.2, 0.25) is 10.0 Å². The maximum absolute atomic E-state index is 12.7. The number of β-amino-alcohol motifs (C(OH)–C–C–N with tert-alkyl or cyclic N) is 1. The van der Waals surface area contributed by atoms with Crippen LogP contribution in [0, 0.1) is 0 Å². The highest BCUT2D eigenvalue weighted by Gasteiger charge is 2.30. The second-order valence-corrected chi connectivity index (χ2v) is 9.57. The van der Waals surface area contributed by atoms with E-state index in [9.17, 15) is 18.3 Å². The summed E-state index contributed by atoms with van der Waals surface area (Å²) in [6.07, 6.45) is 0.617. The first-order valence-electron chi connectivity index (χ1n) is 9.36. The van der Waals surface area contributed by atoms with E-state index in [1.165, 1.54) is 28.6 Å². The Labute approximate surface area is 166 Å². The minimum absolute atomic E-state index is 0.107. The van der Waals surface area contributed by atoms with E-state index in [-0.39, 0.29) is 17.3 Å². The Kier molecular flexibility index (Phi) is 5.88. The van der Waals surface area contributed by atoms with Crippen LogP contribution in [0.3, 0.4) is 0 Å². The molecule has 0 saturated carbocycles. The Balaban J connectivity index is 1.74. The molecule has 7 heteroatoms. The number of carbonyl (C=O) groups excluding carboxylic acids is 1. The third kappa shape index (κ3) is 4.43. The minimum atomic E-state index is -3.67. The highest BCUT2D eigenvalue weighted by atomic mass is 32.2. The Bertz CT molecular complexity index is 925. The normalized spacial score (nSPS) is 18.6. The van der Waals surface area contributed by atoms with Gasteiger partial charge in [0.25, 0.3) is 5.91 Å². The van der Waals surface area contributed by atoms with Gasteiger partial charge in [-0.1, -0.05) is 30.3 Å². The number of piperidine rings is 1. The van der Waals surface area contributed by atoms with Crippen LogP contribution in [0.5, 0.6) is 0 Å². The van der Waals surface area contributed by atoms with Gasteiger partial charge in [0.05, 0.1) is 16.5 Å². The average Bonchev–Trinajstić information content (AvgIpc) is 2.68. The number of rotatable bonds is 5. The summed E-state index contributed by atoms with van der Waals surface area (Å²) in [4.78, 5) is 12.8. The van der Waals surface area contributed by atoms with Gasteiger partial charge in [-0.25, -0.2) is 8.42 Å². The number of nitrogens with zero attached hydrogens (tertiary/aromatic N) is 1. The molecule has 2 N–H and O–H groups in total. The fourth-order valence-electron chi connectivity index (χ4n) is 3.35. The van der Waals surface area contributed by atoms with Gasteiger partial charge in [0, 0.05) is 18.7 Å². The first-order valence-corrected chi connectivity index (χ1v) is 10.8. The lowest BCUT2D eigenvalue weighted by molar-refractivity contribution is 0.0912. The van der Waals surface area contributed by atoms with Crippen LogP contribution in [0.15, 0.2) is 59.5 Å². The largest absolute Gasteiger partial charge is 0.392 e. The standard InChI is InChI=1S/C21H26N2O4S/c1-21(2,17-7-4-3-5-8-17)22-20(25)16-10-12-19(13-11-16)28(26,27)23-14-6-9-18(24)15-23/h3-5,7-8,10-13,18,24H,6,9,14-15H2,1-2H3,(H,22,25). The smallest absolute Gasteiger partial charge is 0.251 e. The summed E-state index contributed by atoms with van der Waals surface area (Å²) >= 11 is 0. The number of sulfonamides is 1. The average molecular weight is 403 g/mol. The predicted octanol–water partition coefficient (Wildman–Crippen LogP) is 2.50. The number of amides is 1. The molecule has 150 valence electrons. The Hall–Kier alpha value is -2.22. The third-order valence-electron chi connectivity index (χ3n) is 5.04. The molecule has 1 aliphatic heterocycles. The van der Waals surface area contributed by atoms with Gasteiger partial charge in [0.1, 0.15) is 0 Å². The van der Waals surface area contributed by atoms with Crippen molar-refractivity contribution in [2.75, 3.05) is 13.1 Å². The molecule has 1 saturated heterocycles. The van der Waals surface area contributed by atoms with E-state index in [1.807, 2.05) is 44.2 Å². The van der Waals surface area contributed by atoms with Crippen LogP contribution in [0.25, 0.3) is 0 Å². The van der Waals surface area contributed by atoms with Gasteiger partial charge < -0.3 is 10.4 Å². The molecule has 1 amide bonds. The molecule has 0 radical (unpaired) electrons. The lowest BCUT2D eigenvalue weighted by atomic mass is 9.94. The maximum Gasteiger partial charge on any atom is 0.251 e. The van der Waals surface area contributed by atoms with E-state index in [0.717, 1.165) is 5.56 Å². The molecular weight excluding hydrogens is 376 g/mol. The summed E-state index contributed by atoms with van der Waals surface area (Å²) in [5.74, 6) is -0.272. The number of hydrogen-bond donors (Lipinski definition) is 2. The van der Waals surface area contributed by atoms with Crippen LogP contribution in [-0.2, 0) is 15.6 Å². The highest BCUT2D eigenvalue weighted by Crippen LogP contribution is 2.23. The van der Waals surface area contributed by atoms with Crippen molar-refractivity contribution in [1.29, 1.82) is 0 Å². The van der Waals surface area contributed by atoms with E-state index >= 15 is 0 Å². The first-order chi connectivity index (χ1) is 13.2. The number of hydrogen-bond acceptors (Lipinski definition) is 4. The van der Waals surface area contributed by atoms with Crippen molar-refractivity contribution in [3.8, 4) is 0 Å². The zero-order chi connectivity index (χ0) is 20.4. The van der Waals surface area contributed by atoms with Crippen molar-refractivity contribution >= 4 is 15.9 Å². The van der Waals surface area contributed by atoms with Crippen LogP contribution < -0.4 is 5.32 Å². The molecule has 1 aliphatic rings. The molecule has 2 aromatic rings. The second-order valence-electron chi connectivity index (χ2n) is 7.63. The van der Waals surface area contributed by atoms with Crippen LogP contribution in [0.4, 0.5) is 0 Å². The van der Waals surface area contributed by atoms with Crippen molar-refractivity contribution in [1.82, 2.24) is 9.62 Å². The van der Waals surface area contributed by atoms with Crippen molar-refractivity contribution in [2.45, 2.75) is 43.2 Å². The van der Waals surface area contributed by atoms with Crippen molar-refractivity contribution < 1.29 is 18.3 Å². The van der Waals surface area contributed by atoms with Gasteiger partial charge in [-0.15, -0.1) is 0 Å². The zero-order valence-electron chi connectivity index (χ0n) is 16.1. The molecule has 28 heavy (non-hydrogen) atoms. The summed E-state index contributed by atoms with van der Waals surface area (Å²) in [5, 5.41) is 12.7. The fraction of sp³-hybridized carbons (Fsp3) is 0.381. The minimum Gasteiger partial charge on any atom is -0.392 e. The third-order valence-corrected chi connectivity index (χ3v) is 6.91. The van der Waals surface area contributed by atoms with Crippen LogP contribution in [0.2, 0.25) is 0 Å². The summed E-state index contributed by atoms with van der Waals surface area (Å²) in [6.45, 7) is 4.34. The van der Waals surface area contributed by atoms with Crippen LogP contribution >= 0.6 is 0 Å². The molecule has 0 bridgehead atoms. The second kappa shape index (κ2) is 8.03. The SMILES string of the molecule is CC(C)(NC(=O)c1ccc(S(=O)(=O)N2CCCC(O)C2)cc1)c1ccccc1. The Morgan fingerprint density at radius 1 is 1.11 bits per heavy atom. The molecule has 1 atom stereocenters. The highest BCUT2D eigenvalue weighted by molar-refractivity contribution is 7.89. The van der Waals surface area contributed by atoms with Gasteiger partial charge in [0.15, 0.2) is 0 Å². The van der Waals surface area contributed by atoms with Gasteiger partial charge in [-0.05, 0) is 56.5 Å². The maximum atomic E-state index is 12.7. The summed E-state index contributed by atoms with van der Waals surface area (Å²) in [7, 11) is -3.67. The summed E-state index contributed by atoms with van der Waals surface area (Å²) < 4.78 is 26.8. The number of carbonyl (C=O) groups is 1. The molecular formula is C21H26N2O4S. The number of benzene rings is 2. The van der Waals surface area contributed by atoms with E-state index in [0.29, 0.717) is 24.9 Å². The molecule has 0 aliphatic carbocycles. The molecule has 0 aromatic heterocycles.